The molecule has 1 atom stereocenters. The number of amides is 1. The zero-order chi connectivity index (χ0) is 22.0. The van der Waals surface area contributed by atoms with Crippen LogP contribution in [0.4, 0.5) is 5.69 Å². The highest BCUT2D eigenvalue weighted by molar-refractivity contribution is 6.05. The normalized spacial score (nSPS) is 15.7. The third kappa shape index (κ3) is 4.10. The molecule has 0 aliphatic heterocycles. The number of carbonyl (C=O) groups excluding carboxylic acids is 2. The smallest absolute Gasteiger partial charge is 0.252 e. The van der Waals surface area contributed by atoms with E-state index in [1.807, 2.05) is 28.9 Å². The van der Waals surface area contributed by atoms with Crippen LogP contribution in [0.5, 0.6) is 5.75 Å². The number of pyridine rings is 1. The molecule has 1 aliphatic carbocycles. The maximum absolute atomic E-state index is 12.1. The van der Waals surface area contributed by atoms with Crippen molar-refractivity contribution in [1.29, 1.82) is 0 Å². The minimum absolute atomic E-state index is 0.0181. The first-order chi connectivity index (χ1) is 15.0. The first kappa shape index (κ1) is 20.8. The number of hydrogen-bond donors (Lipinski definition) is 2. The van der Waals surface area contributed by atoms with Crippen LogP contribution in [0.3, 0.4) is 0 Å². The number of ketones is 1. The van der Waals surface area contributed by atoms with Crippen molar-refractivity contribution in [2.24, 2.45) is 5.73 Å². The third-order valence-electron chi connectivity index (χ3n) is 5.96. The van der Waals surface area contributed by atoms with Gasteiger partial charge in [0.2, 0.25) is 0 Å². The van der Waals surface area contributed by atoms with Crippen LogP contribution in [0.15, 0.2) is 36.7 Å². The van der Waals surface area contributed by atoms with E-state index in [1.54, 1.807) is 13.3 Å². The SMILES string of the molecule is CCC(c1ccc(OC)cc1)n1ncc2c(NC3CCC(=O)CC3)c(C(N)=O)cnc21. The largest absolute Gasteiger partial charge is 0.497 e. The molecule has 2 aromatic heterocycles. The molecule has 2 heterocycles. The van der Waals surface area contributed by atoms with E-state index in [-0.39, 0.29) is 17.9 Å². The zero-order valence-electron chi connectivity index (χ0n) is 17.8. The molecule has 8 heteroatoms. The van der Waals surface area contributed by atoms with Gasteiger partial charge in [0.25, 0.3) is 5.91 Å². The quantitative estimate of drug-likeness (QED) is 0.604. The van der Waals surface area contributed by atoms with Crippen LogP contribution in [-0.2, 0) is 4.79 Å². The average molecular weight is 422 g/mol. The minimum Gasteiger partial charge on any atom is -0.497 e. The van der Waals surface area contributed by atoms with Crippen LogP contribution in [0.25, 0.3) is 11.0 Å². The van der Waals surface area contributed by atoms with Gasteiger partial charge in [0.15, 0.2) is 5.65 Å². The summed E-state index contributed by atoms with van der Waals surface area (Å²) < 4.78 is 7.15. The van der Waals surface area contributed by atoms with Gasteiger partial charge in [0, 0.05) is 25.1 Å². The molecule has 0 bridgehead atoms. The van der Waals surface area contributed by atoms with Gasteiger partial charge < -0.3 is 15.8 Å². The zero-order valence-corrected chi connectivity index (χ0v) is 17.8. The summed E-state index contributed by atoms with van der Waals surface area (Å²) in [6, 6.07) is 8.00. The molecule has 1 unspecified atom stereocenters. The average Bonchev–Trinajstić information content (AvgIpc) is 3.21. The predicted molar refractivity (Wildman–Crippen MR) is 118 cm³/mol. The molecule has 1 aromatic carbocycles. The van der Waals surface area contributed by atoms with Gasteiger partial charge in [-0.2, -0.15) is 5.10 Å². The number of carbonyl (C=O) groups is 2. The van der Waals surface area contributed by atoms with Crippen LogP contribution in [0.2, 0.25) is 0 Å². The fraction of sp³-hybridized carbons (Fsp3) is 0.391. The minimum atomic E-state index is -0.543. The molecule has 0 saturated heterocycles. The van der Waals surface area contributed by atoms with Crippen molar-refractivity contribution in [2.75, 3.05) is 12.4 Å². The Kier molecular flexibility index (Phi) is 5.88. The number of Topliss-reactive ketones (excluding diaryl/α,β-unsaturated/α-hetero) is 1. The number of fused-ring (bicyclic) bond motifs is 1. The number of benzene rings is 1. The Balaban J connectivity index is 1.74. The van der Waals surface area contributed by atoms with Crippen molar-refractivity contribution in [3.8, 4) is 5.75 Å². The maximum Gasteiger partial charge on any atom is 0.252 e. The first-order valence-corrected chi connectivity index (χ1v) is 10.6. The lowest BCUT2D eigenvalue weighted by molar-refractivity contribution is -0.120. The Bertz CT molecular complexity index is 1100. The first-order valence-electron chi connectivity index (χ1n) is 10.6. The Morgan fingerprint density at radius 3 is 2.58 bits per heavy atom. The molecule has 4 rings (SSSR count). The van der Waals surface area contributed by atoms with E-state index in [1.165, 1.54) is 6.20 Å². The molecule has 1 aliphatic rings. The number of aromatic nitrogens is 3. The van der Waals surface area contributed by atoms with Gasteiger partial charge in [-0.15, -0.1) is 0 Å². The van der Waals surface area contributed by atoms with E-state index in [0.717, 1.165) is 36.0 Å². The number of nitrogens with zero attached hydrogens (tertiary/aromatic N) is 3. The number of rotatable bonds is 7. The topological polar surface area (TPSA) is 112 Å². The van der Waals surface area contributed by atoms with Gasteiger partial charge in [-0.05, 0) is 37.0 Å². The highest BCUT2D eigenvalue weighted by Crippen LogP contribution is 2.32. The van der Waals surface area contributed by atoms with E-state index in [2.05, 4.69) is 22.3 Å². The number of nitrogens with one attached hydrogen (secondary N) is 1. The molecule has 8 nitrogen and oxygen atoms in total. The molecule has 1 saturated carbocycles. The highest BCUT2D eigenvalue weighted by Gasteiger charge is 2.24. The fourth-order valence-electron chi connectivity index (χ4n) is 4.23. The Morgan fingerprint density at radius 2 is 1.97 bits per heavy atom. The van der Waals surface area contributed by atoms with E-state index in [9.17, 15) is 9.59 Å². The van der Waals surface area contributed by atoms with E-state index in [4.69, 9.17) is 10.5 Å². The Hall–Kier alpha value is -3.42. The van der Waals surface area contributed by atoms with E-state index in [0.29, 0.717) is 29.7 Å². The van der Waals surface area contributed by atoms with Gasteiger partial charge in [-0.3, -0.25) is 9.59 Å². The van der Waals surface area contributed by atoms with Gasteiger partial charge in [0.1, 0.15) is 11.5 Å². The number of methoxy groups -OCH3 is 1. The second-order valence-corrected chi connectivity index (χ2v) is 7.89. The number of anilines is 1. The van der Waals surface area contributed by atoms with E-state index < -0.39 is 5.91 Å². The second-order valence-electron chi connectivity index (χ2n) is 7.89. The highest BCUT2D eigenvalue weighted by atomic mass is 16.5. The summed E-state index contributed by atoms with van der Waals surface area (Å²) in [6.07, 6.45) is 6.63. The molecular weight excluding hydrogens is 394 g/mol. The molecule has 1 amide bonds. The van der Waals surface area contributed by atoms with Crippen molar-refractivity contribution in [1.82, 2.24) is 14.8 Å². The fourth-order valence-corrected chi connectivity index (χ4v) is 4.23. The van der Waals surface area contributed by atoms with Crippen molar-refractivity contribution < 1.29 is 14.3 Å². The number of nitrogens with two attached hydrogens (primary N) is 1. The number of hydrogen-bond acceptors (Lipinski definition) is 6. The third-order valence-corrected chi connectivity index (χ3v) is 5.96. The summed E-state index contributed by atoms with van der Waals surface area (Å²) in [5.74, 6) is 0.537. The van der Waals surface area contributed by atoms with Crippen LogP contribution in [0, 0.1) is 0 Å². The number of ether oxygens (including phenoxy) is 1. The Labute approximate surface area is 180 Å². The van der Waals surface area contributed by atoms with Gasteiger partial charge in [-0.1, -0.05) is 19.1 Å². The molecule has 1 fully saturated rings. The lowest BCUT2D eigenvalue weighted by Gasteiger charge is -2.24. The van der Waals surface area contributed by atoms with Crippen LogP contribution in [0.1, 0.15) is 61.0 Å². The second kappa shape index (κ2) is 8.75. The summed E-state index contributed by atoms with van der Waals surface area (Å²) in [7, 11) is 1.64. The summed E-state index contributed by atoms with van der Waals surface area (Å²) >= 11 is 0. The van der Waals surface area contributed by atoms with Crippen LogP contribution < -0.4 is 15.8 Å². The Morgan fingerprint density at radius 1 is 1.26 bits per heavy atom. The van der Waals surface area contributed by atoms with Gasteiger partial charge >= 0.3 is 0 Å². The molecule has 162 valence electrons. The summed E-state index contributed by atoms with van der Waals surface area (Å²) in [5, 5.41) is 8.84. The van der Waals surface area contributed by atoms with Crippen molar-refractivity contribution in [3.63, 3.8) is 0 Å². The number of primary amides is 1. The molecule has 0 radical (unpaired) electrons. The van der Waals surface area contributed by atoms with Crippen molar-refractivity contribution in [3.05, 3.63) is 47.8 Å². The molecular formula is C23H27N5O3. The summed E-state index contributed by atoms with van der Waals surface area (Å²) in [5.41, 5.74) is 8.39. The van der Waals surface area contributed by atoms with Gasteiger partial charge in [0.05, 0.1) is 36.0 Å². The monoisotopic (exact) mass is 421 g/mol. The van der Waals surface area contributed by atoms with Crippen LogP contribution >= 0.6 is 0 Å². The molecule has 3 N–H and O–H groups in total. The van der Waals surface area contributed by atoms with E-state index >= 15 is 0 Å². The molecule has 0 spiro atoms. The summed E-state index contributed by atoms with van der Waals surface area (Å²) in [6.45, 7) is 2.10. The maximum atomic E-state index is 12.1. The predicted octanol–water partition coefficient (Wildman–Crippen LogP) is 3.46. The van der Waals surface area contributed by atoms with Crippen molar-refractivity contribution >= 4 is 28.4 Å². The lowest BCUT2D eigenvalue weighted by atomic mass is 9.94. The van der Waals surface area contributed by atoms with Crippen LogP contribution in [-0.4, -0.2) is 39.6 Å². The lowest BCUT2D eigenvalue weighted by Crippen LogP contribution is -2.27. The van der Waals surface area contributed by atoms with Gasteiger partial charge in [-0.25, -0.2) is 9.67 Å². The summed E-state index contributed by atoms with van der Waals surface area (Å²) in [4.78, 5) is 28.2. The molecule has 31 heavy (non-hydrogen) atoms. The standard InChI is InChI=1S/C23H27N5O3/c1-3-20(14-4-10-17(31-2)11-5-14)28-23-19(13-26-28)21(18(12-25-23)22(24)30)27-15-6-8-16(29)9-7-15/h4-5,10-13,15,20H,3,6-9H2,1-2H3,(H2,24,30)(H,25,27). The van der Waals surface area contributed by atoms with Crippen molar-refractivity contribution in [2.45, 2.75) is 51.1 Å². The molecule has 3 aromatic rings.